The van der Waals surface area contributed by atoms with Gasteiger partial charge in [-0.3, -0.25) is 14.4 Å². The number of nitrogens with one attached hydrogen (secondary N) is 3. The predicted octanol–water partition coefficient (Wildman–Crippen LogP) is -1.18. The van der Waals surface area contributed by atoms with Crippen LogP contribution in [0, 0.1) is 11.8 Å². The molecule has 0 aromatic rings. The normalized spacial score (nSPS) is 14.4. The molecule has 9 heteroatoms. The molecule has 0 aliphatic carbocycles. The zero-order valence-electron chi connectivity index (χ0n) is 14.6. The molecule has 9 nitrogen and oxygen atoms in total. The van der Waals surface area contributed by atoms with Gasteiger partial charge in [0.2, 0.25) is 17.7 Å². The van der Waals surface area contributed by atoms with E-state index in [1.54, 1.807) is 20.8 Å². The fraction of sp³-hybridized carbons (Fsp3) is 0.733. The molecule has 24 heavy (non-hydrogen) atoms. The highest BCUT2D eigenvalue weighted by atomic mass is 16.4. The molecule has 0 spiro atoms. The van der Waals surface area contributed by atoms with Crippen LogP contribution in [0.25, 0.3) is 0 Å². The van der Waals surface area contributed by atoms with Crippen molar-refractivity contribution in [3.8, 4) is 0 Å². The maximum Gasteiger partial charge on any atom is 0.326 e. The van der Waals surface area contributed by atoms with Crippen molar-refractivity contribution in [2.75, 3.05) is 13.1 Å². The Hall–Kier alpha value is -2.16. The molecule has 0 saturated carbocycles. The first-order chi connectivity index (χ1) is 11.1. The quantitative estimate of drug-likeness (QED) is 0.336. The smallest absolute Gasteiger partial charge is 0.326 e. The van der Waals surface area contributed by atoms with Gasteiger partial charge >= 0.3 is 5.97 Å². The molecular weight excluding hydrogens is 316 g/mol. The van der Waals surface area contributed by atoms with E-state index in [0.717, 1.165) is 0 Å². The van der Waals surface area contributed by atoms with E-state index in [2.05, 4.69) is 16.0 Å². The second-order valence-corrected chi connectivity index (χ2v) is 5.98. The van der Waals surface area contributed by atoms with Crippen molar-refractivity contribution in [3.05, 3.63) is 0 Å². The van der Waals surface area contributed by atoms with Crippen LogP contribution >= 0.6 is 0 Å². The van der Waals surface area contributed by atoms with E-state index in [1.165, 1.54) is 0 Å². The van der Waals surface area contributed by atoms with E-state index < -0.39 is 35.8 Å². The average Bonchev–Trinajstić information content (AvgIpc) is 2.53. The van der Waals surface area contributed by atoms with E-state index >= 15 is 0 Å². The molecule has 0 radical (unpaired) electrons. The molecule has 3 amide bonds. The summed E-state index contributed by atoms with van der Waals surface area (Å²) in [6, 6.07) is -1.93. The Bertz CT molecular complexity index is 467. The monoisotopic (exact) mass is 344 g/mol. The van der Waals surface area contributed by atoms with Crippen LogP contribution in [-0.4, -0.2) is 54.0 Å². The number of carbonyl (C=O) groups is 4. The summed E-state index contributed by atoms with van der Waals surface area (Å²) in [5.74, 6) is -3.25. The minimum Gasteiger partial charge on any atom is -0.480 e. The van der Waals surface area contributed by atoms with E-state index in [-0.39, 0.29) is 24.9 Å². The standard InChI is InChI=1S/C15H28N4O5/c1-5-9(4)13(18-11(21)7-17-10(20)6-16)14(22)19-12(8(2)3)15(23)24/h8-9,12-13H,5-7,16H2,1-4H3,(H,17,20)(H,18,21)(H,19,22)(H,23,24). The van der Waals surface area contributed by atoms with Crippen LogP contribution in [0.3, 0.4) is 0 Å². The lowest BCUT2D eigenvalue weighted by atomic mass is 9.96. The summed E-state index contributed by atoms with van der Waals surface area (Å²) in [5, 5.41) is 16.5. The number of carbonyl (C=O) groups excluding carboxylic acids is 3. The first-order valence-electron chi connectivity index (χ1n) is 7.93. The van der Waals surface area contributed by atoms with Crippen molar-refractivity contribution in [1.29, 1.82) is 0 Å². The largest absolute Gasteiger partial charge is 0.480 e. The summed E-state index contributed by atoms with van der Waals surface area (Å²) in [6.07, 6.45) is 0.604. The summed E-state index contributed by atoms with van der Waals surface area (Å²) in [7, 11) is 0. The zero-order chi connectivity index (χ0) is 18.9. The number of rotatable bonds is 10. The Labute approximate surface area is 141 Å². The summed E-state index contributed by atoms with van der Waals surface area (Å²) in [5.41, 5.74) is 5.13. The maximum absolute atomic E-state index is 12.4. The van der Waals surface area contributed by atoms with Crippen molar-refractivity contribution < 1.29 is 24.3 Å². The van der Waals surface area contributed by atoms with Gasteiger partial charge in [0, 0.05) is 0 Å². The molecule has 0 heterocycles. The average molecular weight is 344 g/mol. The Morgan fingerprint density at radius 1 is 1.00 bits per heavy atom. The zero-order valence-corrected chi connectivity index (χ0v) is 14.6. The third-order valence-corrected chi connectivity index (χ3v) is 3.67. The van der Waals surface area contributed by atoms with Crippen LogP contribution in [0.1, 0.15) is 34.1 Å². The molecule has 3 unspecified atom stereocenters. The Morgan fingerprint density at radius 2 is 1.58 bits per heavy atom. The lowest BCUT2D eigenvalue weighted by Crippen LogP contribution is -2.56. The molecule has 0 fully saturated rings. The lowest BCUT2D eigenvalue weighted by Gasteiger charge is -2.26. The van der Waals surface area contributed by atoms with Crippen LogP contribution in [0.2, 0.25) is 0 Å². The summed E-state index contributed by atoms with van der Waals surface area (Å²) < 4.78 is 0. The highest BCUT2D eigenvalue weighted by Gasteiger charge is 2.31. The van der Waals surface area contributed by atoms with E-state index in [0.29, 0.717) is 6.42 Å². The van der Waals surface area contributed by atoms with E-state index in [4.69, 9.17) is 10.8 Å². The molecule has 0 saturated heterocycles. The number of carboxylic acid groups (broad SMARTS) is 1. The third kappa shape index (κ3) is 7.40. The molecule has 138 valence electrons. The molecule has 0 bridgehead atoms. The molecule has 0 aliphatic rings. The first-order valence-corrected chi connectivity index (χ1v) is 7.93. The SMILES string of the molecule is CCC(C)C(NC(=O)CNC(=O)CN)C(=O)NC(C(=O)O)C(C)C. The molecule has 0 rings (SSSR count). The highest BCUT2D eigenvalue weighted by molar-refractivity contribution is 5.92. The van der Waals surface area contributed by atoms with Crippen LogP contribution in [0.15, 0.2) is 0 Å². The van der Waals surface area contributed by atoms with Gasteiger partial charge in [-0.25, -0.2) is 4.79 Å². The summed E-state index contributed by atoms with van der Waals surface area (Å²) in [6.45, 7) is 6.44. The van der Waals surface area contributed by atoms with Crippen LogP contribution in [-0.2, 0) is 19.2 Å². The first kappa shape index (κ1) is 21.8. The van der Waals surface area contributed by atoms with Crippen LogP contribution < -0.4 is 21.7 Å². The molecule has 0 aromatic carbocycles. The highest BCUT2D eigenvalue weighted by Crippen LogP contribution is 2.10. The summed E-state index contributed by atoms with van der Waals surface area (Å²) in [4.78, 5) is 46.6. The van der Waals surface area contributed by atoms with Gasteiger partial charge in [-0.15, -0.1) is 0 Å². The predicted molar refractivity (Wildman–Crippen MR) is 87.9 cm³/mol. The van der Waals surface area contributed by atoms with Crippen molar-refractivity contribution >= 4 is 23.7 Å². The van der Waals surface area contributed by atoms with Crippen molar-refractivity contribution in [3.63, 3.8) is 0 Å². The van der Waals surface area contributed by atoms with Gasteiger partial charge in [0.1, 0.15) is 12.1 Å². The third-order valence-electron chi connectivity index (χ3n) is 3.67. The Kier molecular flexibility index (Phi) is 9.63. The Morgan fingerprint density at radius 3 is 2.00 bits per heavy atom. The topological polar surface area (TPSA) is 151 Å². The molecule has 6 N–H and O–H groups in total. The second-order valence-electron chi connectivity index (χ2n) is 5.98. The van der Waals surface area contributed by atoms with Gasteiger partial charge in [-0.1, -0.05) is 34.1 Å². The van der Waals surface area contributed by atoms with Gasteiger partial charge in [-0.2, -0.15) is 0 Å². The number of hydrogen-bond acceptors (Lipinski definition) is 5. The van der Waals surface area contributed by atoms with Crippen molar-refractivity contribution in [2.24, 2.45) is 17.6 Å². The van der Waals surface area contributed by atoms with E-state index in [9.17, 15) is 19.2 Å². The summed E-state index contributed by atoms with van der Waals surface area (Å²) >= 11 is 0. The number of hydrogen-bond donors (Lipinski definition) is 5. The van der Waals surface area contributed by atoms with Crippen LogP contribution in [0.5, 0.6) is 0 Å². The number of carboxylic acids is 1. The number of amides is 3. The van der Waals surface area contributed by atoms with E-state index in [1.807, 2.05) is 6.92 Å². The minimum absolute atomic E-state index is 0.208. The van der Waals surface area contributed by atoms with Crippen molar-refractivity contribution in [2.45, 2.75) is 46.2 Å². The molecular formula is C15H28N4O5. The molecule has 3 atom stereocenters. The second kappa shape index (κ2) is 10.6. The van der Waals surface area contributed by atoms with Gasteiger partial charge in [-0.05, 0) is 11.8 Å². The van der Waals surface area contributed by atoms with Gasteiger partial charge in [0.05, 0.1) is 13.1 Å². The maximum atomic E-state index is 12.4. The fourth-order valence-corrected chi connectivity index (χ4v) is 1.93. The number of aliphatic carboxylic acids is 1. The van der Waals surface area contributed by atoms with Gasteiger partial charge in [0.25, 0.3) is 0 Å². The fourth-order valence-electron chi connectivity index (χ4n) is 1.93. The number of nitrogens with two attached hydrogens (primary N) is 1. The molecule has 0 aromatic heterocycles. The van der Waals surface area contributed by atoms with Gasteiger partial charge < -0.3 is 26.8 Å². The lowest BCUT2D eigenvalue weighted by molar-refractivity contribution is -0.143. The Balaban J connectivity index is 4.93. The molecule has 0 aliphatic heterocycles. The van der Waals surface area contributed by atoms with Crippen molar-refractivity contribution in [1.82, 2.24) is 16.0 Å². The van der Waals surface area contributed by atoms with Gasteiger partial charge in [0.15, 0.2) is 0 Å². The minimum atomic E-state index is -1.14. The van der Waals surface area contributed by atoms with Crippen LogP contribution in [0.4, 0.5) is 0 Å².